The van der Waals surface area contributed by atoms with E-state index in [1.165, 1.54) is 12.8 Å². The first-order valence-corrected chi connectivity index (χ1v) is 9.16. The van der Waals surface area contributed by atoms with Gasteiger partial charge in [0.2, 0.25) is 0 Å². The Balaban J connectivity index is 1.98. The molecule has 2 heterocycles. The van der Waals surface area contributed by atoms with Gasteiger partial charge in [0.05, 0.1) is 29.1 Å². The van der Waals surface area contributed by atoms with Gasteiger partial charge in [-0.25, -0.2) is 4.79 Å². The molecule has 26 heavy (non-hydrogen) atoms. The number of pyridine rings is 1. The highest BCUT2D eigenvalue weighted by Crippen LogP contribution is 2.29. The van der Waals surface area contributed by atoms with Crippen molar-refractivity contribution in [1.82, 2.24) is 4.98 Å². The minimum absolute atomic E-state index is 0.310. The molecule has 1 aliphatic heterocycles. The molecule has 0 aliphatic carbocycles. The Kier molecular flexibility index (Phi) is 5.85. The highest BCUT2D eigenvalue weighted by atomic mass is 16.5. The van der Waals surface area contributed by atoms with Gasteiger partial charge < -0.3 is 9.64 Å². The Morgan fingerprint density at radius 1 is 1.23 bits per heavy atom. The van der Waals surface area contributed by atoms with E-state index in [-0.39, 0.29) is 0 Å². The maximum Gasteiger partial charge on any atom is 0.340 e. The van der Waals surface area contributed by atoms with Gasteiger partial charge in [-0.2, -0.15) is 5.26 Å². The van der Waals surface area contributed by atoms with E-state index >= 15 is 0 Å². The van der Waals surface area contributed by atoms with Crippen LogP contribution in [0.2, 0.25) is 0 Å². The fourth-order valence-corrected chi connectivity index (χ4v) is 3.37. The minimum atomic E-state index is -0.397. The third-order valence-corrected chi connectivity index (χ3v) is 4.64. The summed E-state index contributed by atoms with van der Waals surface area (Å²) in [5.41, 5.74) is 3.30. The van der Waals surface area contributed by atoms with Crippen LogP contribution in [-0.4, -0.2) is 30.6 Å². The quantitative estimate of drug-likeness (QED) is 0.775. The number of nitrogens with zero attached hydrogens (tertiary/aromatic N) is 3. The van der Waals surface area contributed by atoms with E-state index in [1.807, 2.05) is 18.2 Å². The average molecular weight is 349 g/mol. The van der Waals surface area contributed by atoms with E-state index < -0.39 is 5.97 Å². The van der Waals surface area contributed by atoms with Gasteiger partial charge in [0.15, 0.2) is 0 Å². The molecule has 1 aliphatic rings. The van der Waals surface area contributed by atoms with Crippen molar-refractivity contribution in [3.05, 3.63) is 47.7 Å². The summed E-state index contributed by atoms with van der Waals surface area (Å²) in [6.07, 6.45) is 6.44. The summed E-state index contributed by atoms with van der Waals surface area (Å²) in [5, 5.41) is 9.66. The van der Waals surface area contributed by atoms with Crippen LogP contribution in [-0.2, 0) is 4.74 Å². The van der Waals surface area contributed by atoms with Gasteiger partial charge in [-0.05, 0) is 44.0 Å². The van der Waals surface area contributed by atoms with Gasteiger partial charge in [0.25, 0.3) is 0 Å². The SMILES string of the molecule is CCOC(=O)c1cccnc1-c1ccc(N2CCCCCC2)c(C#N)c1. The zero-order chi connectivity index (χ0) is 18.4. The van der Waals surface area contributed by atoms with E-state index in [1.54, 1.807) is 25.3 Å². The van der Waals surface area contributed by atoms with Crippen LogP contribution in [0, 0.1) is 11.3 Å². The maximum atomic E-state index is 12.2. The van der Waals surface area contributed by atoms with Crippen molar-refractivity contribution in [3.8, 4) is 17.3 Å². The number of ether oxygens (including phenoxy) is 1. The molecule has 1 fully saturated rings. The first-order chi connectivity index (χ1) is 12.7. The van der Waals surface area contributed by atoms with Gasteiger partial charge in [-0.15, -0.1) is 0 Å². The van der Waals surface area contributed by atoms with Crippen LogP contribution < -0.4 is 4.90 Å². The lowest BCUT2D eigenvalue weighted by atomic mass is 10.0. The highest BCUT2D eigenvalue weighted by Gasteiger charge is 2.18. The van der Waals surface area contributed by atoms with Gasteiger partial charge in [0, 0.05) is 24.8 Å². The summed E-state index contributed by atoms with van der Waals surface area (Å²) >= 11 is 0. The predicted octanol–water partition coefficient (Wildman–Crippen LogP) is 4.18. The maximum absolute atomic E-state index is 12.2. The molecule has 0 atom stereocenters. The molecule has 2 aromatic rings. The molecule has 0 N–H and O–H groups in total. The van der Waals surface area contributed by atoms with Gasteiger partial charge >= 0.3 is 5.97 Å². The number of aromatic nitrogens is 1. The minimum Gasteiger partial charge on any atom is -0.462 e. The van der Waals surface area contributed by atoms with Crippen LogP contribution in [0.3, 0.4) is 0 Å². The van der Waals surface area contributed by atoms with Crippen LogP contribution in [0.1, 0.15) is 48.5 Å². The summed E-state index contributed by atoms with van der Waals surface area (Å²) < 4.78 is 5.13. The molecule has 0 amide bonds. The largest absolute Gasteiger partial charge is 0.462 e. The van der Waals surface area contributed by atoms with Crippen molar-refractivity contribution in [3.63, 3.8) is 0 Å². The Hall–Kier alpha value is -2.87. The summed E-state index contributed by atoms with van der Waals surface area (Å²) in [6, 6.07) is 11.5. The number of rotatable bonds is 4. The van der Waals surface area contributed by atoms with E-state index in [4.69, 9.17) is 4.74 Å². The molecule has 134 valence electrons. The number of carbonyl (C=O) groups is 1. The molecule has 3 rings (SSSR count). The van der Waals surface area contributed by atoms with Gasteiger partial charge in [0.1, 0.15) is 6.07 Å². The number of carbonyl (C=O) groups excluding carboxylic acids is 1. The predicted molar refractivity (Wildman–Crippen MR) is 101 cm³/mol. The smallest absolute Gasteiger partial charge is 0.340 e. The van der Waals surface area contributed by atoms with Crippen LogP contribution in [0.4, 0.5) is 5.69 Å². The van der Waals surface area contributed by atoms with Crippen molar-refractivity contribution in [2.45, 2.75) is 32.6 Å². The highest BCUT2D eigenvalue weighted by molar-refractivity contribution is 5.96. The molecular formula is C21H23N3O2. The average Bonchev–Trinajstić information content (AvgIpc) is 2.97. The monoisotopic (exact) mass is 349 g/mol. The summed E-state index contributed by atoms with van der Waals surface area (Å²) in [7, 11) is 0. The molecule has 1 aromatic carbocycles. The Morgan fingerprint density at radius 2 is 2.00 bits per heavy atom. The lowest BCUT2D eigenvalue weighted by Gasteiger charge is -2.24. The molecular weight excluding hydrogens is 326 g/mol. The van der Waals surface area contributed by atoms with Gasteiger partial charge in [-0.3, -0.25) is 4.98 Å². The number of esters is 1. The van der Waals surface area contributed by atoms with Crippen molar-refractivity contribution < 1.29 is 9.53 Å². The first kappa shape index (κ1) is 17.9. The Bertz CT molecular complexity index is 818. The Morgan fingerprint density at radius 3 is 2.69 bits per heavy atom. The second kappa shape index (κ2) is 8.48. The van der Waals surface area contributed by atoms with Crippen LogP contribution >= 0.6 is 0 Å². The van der Waals surface area contributed by atoms with E-state index in [0.717, 1.165) is 37.2 Å². The fraction of sp³-hybridized carbons (Fsp3) is 0.381. The topological polar surface area (TPSA) is 66.2 Å². The van der Waals surface area contributed by atoms with E-state index in [0.29, 0.717) is 23.4 Å². The van der Waals surface area contributed by atoms with E-state index in [2.05, 4.69) is 16.0 Å². The number of benzene rings is 1. The normalized spacial score (nSPS) is 14.4. The fourth-order valence-electron chi connectivity index (χ4n) is 3.37. The van der Waals surface area contributed by atoms with Crippen LogP contribution in [0.25, 0.3) is 11.3 Å². The molecule has 1 saturated heterocycles. The van der Waals surface area contributed by atoms with Crippen LogP contribution in [0.5, 0.6) is 0 Å². The first-order valence-electron chi connectivity index (χ1n) is 9.16. The second-order valence-corrected chi connectivity index (χ2v) is 6.37. The third-order valence-electron chi connectivity index (χ3n) is 4.64. The molecule has 0 saturated carbocycles. The van der Waals surface area contributed by atoms with Crippen LogP contribution in [0.15, 0.2) is 36.5 Å². The molecule has 0 unspecified atom stereocenters. The Labute approximate surface area is 154 Å². The number of hydrogen-bond donors (Lipinski definition) is 0. The lowest BCUT2D eigenvalue weighted by Crippen LogP contribution is -2.24. The summed E-state index contributed by atoms with van der Waals surface area (Å²) in [5.74, 6) is -0.397. The lowest BCUT2D eigenvalue weighted by molar-refractivity contribution is 0.0527. The molecule has 1 aromatic heterocycles. The number of anilines is 1. The van der Waals surface area contributed by atoms with E-state index in [9.17, 15) is 10.1 Å². The zero-order valence-corrected chi connectivity index (χ0v) is 15.1. The molecule has 5 heteroatoms. The summed E-state index contributed by atoms with van der Waals surface area (Å²) in [6.45, 7) is 4.04. The standard InChI is InChI=1S/C21H23N3O2/c1-2-26-21(25)18-8-7-11-23-20(18)16-9-10-19(17(14-16)15-22)24-12-5-3-4-6-13-24/h7-11,14H,2-6,12-13H2,1H3. The zero-order valence-electron chi connectivity index (χ0n) is 15.1. The van der Waals surface area contributed by atoms with Crippen molar-refractivity contribution in [2.24, 2.45) is 0 Å². The number of nitriles is 1. The van der Waals surface area contributed by atoms with Crippen molar-refractivity contribution in [2.75, 3.05) is 24.6 Å². The number of hydrogen-bond acceptors (Lipinski definition) is 5. The van der Waals surface area contributed by atoms with Crippen molar-refractivity contribution in [1.29, 1.82) is 5.26 Å². The molecule has 0 spiro atoms. The summed E-state index contributed by atoms with van der Waals surface area (Å²) in [4.78, 5) is 18.9. The molecule has 0 bridgehead atoms. The molecule has 5 nitrogen and oxygen atoms in total. The van der Waals surface area contributed by atoms with Crippen molar-refractivity contribution >= 4 is 11.7 Å². The van der Waals surface area contributed by atoms with Gasteiger partial charge in [-0.1, -0.05) is 18.9 Å². The second-order valence-electron chi connectivity index (χ2n) is 6.37. The molecule has 0 radical (unpaired) electrons. The third kappa shape index (κ3) is 3.85.